The lowest BCUT2D eigenvalue weighted by Gasteiger charge is -2.05. The lowest BCUT2D eigenvalue weighted by molar-refractivity contribution is -0.385. The minimum atomic E-state index is -1.39. The Labute approximate surface area is 111 Å². The number of nitro benzene ring substituents is 1. The van der Waals surface area contributed by atoms with Crippen molar-refractivity contribution in [1.29, 1.82) is 0 Å². The molecule has 0 spiro atoms. The first kappa shape index (κ1) is 13.7. The number of nitro groups is 1. The molecule has 0 fully saturated rings. The van der Waals surface area contributed by atoms with Crippen molar-refractivity contribution in [2.24, 2.45) is 0 Å². The van der Waals surface area contributed by atoms with E-state index in [-0.39, 0.29) is 6.54 Å². The zero-order chi connectivity index (χ0) is 14.7. The van der Waals surface area contributed by atoms with E-state index in [1.807, 2.05) is 0 Å². The van der Waals surface area contributed by atoms with E-state index in [1.165, 1.54) is 12.5 Å². The molecule has 0 saturated carbocycles. The number of hydrogen-bond acceptors (Lipinski definition) is 4. The first-order valence-corrected chi connectivity index (χ1v) is 5.41. The molecule has 0 bridgehead atoms. The van der Waals surface area contributed by atoms with Crippen LogP contribution < -0.4 is 5.32 Å². The van der Waals surface area contributed by atoms with Gasteiger partial charge in [-0.25, -0.2) is 8.78 Å². The number of carbonyl (C=O) groups excluding carboxylic acids is 1. The van der Waals surface area contributed by atoms with Gasteiger partial charge >= 0.3 is 0 Å². The molecule has 1 amide bonds. The Morgan fingerprint density at radius 1 is 1.35 bits per heavy atom. The van der Waals surface area contributed by atoms with Gasteiger partial charge in [-0.05, 0) is 12.1 Å². The molecule has 1 aromatic heterocycles. The van der Waals surface area contributed by atoms with E-state index in [4.69, 9.17) is 4.42 Å². The third-order valence-corrected chi connectivity index (χ3v) is 2.51. The van der Waals surface area contributed by atoms with Crippen molar-refractivity contribution < 1.29 is 22.9 Å². The number of benzene rings is 1. The minimum Gasteiger partial charge on any atom is -0.472 e. The largest absolute Gasteiger partial charge is 0.472 e. The first-order chi connectivity index (χ1) is 9.49. The van der Waals surface area contributed by atoms with E-state index in [0.29, 0.717) is 17.7 Å². The molecule has 1 N–H and O–H groups in total. The van der Waals surface area contributed by atoms with Crippen molar-refractivity contribution in [2.75, 3.05) is 0 Å². The summed E-state index contributed by atoms with van der Waals surface area (Å²) in [5.74, 6) is -3.59. The number of carbonyl (C=O) groups is 1. The van der Waals surface area contributed by atoms with Crippen LogP contribution in [0.2, 0.25) is 0 Å². The Bertz CT molecular complexity index is 656. The van der Waals surface area contributed by atoms with E-state index in [0.717, 1.165) is 0 Å². The van der Waals surface area contributed by atoms with Crippen LogP contribution in [0, 0.1) is 21.7 Å². The van der Waals surface area contributed by atoms with Gasteiger partial charge in [0.1, 0.15) is 5.56 Å². The van der Waals surface area contributed by atoms with Crippen LogP contribution in [0.15, 0.2) is 35.1 Å². The molecule has 1 aromatic carbocycles. The fourth-order valence-electron chi connectivity index (χ4n) is 1.54. The van der Waals surface area contributed by atoms with Gasteiger partial charge in [-0.1, -0.05) is 0 Å². The van der Waals surface area contributed by atoms with Crippen LogP contribution in [0.4, 0.5) is 14.5 Å². The average molecular weight is 282 g/mol. The van der Waals surface area contributed by atoms with Gasteiger partial charge in [0.2, 0.25) is 0 Å². The van der Waals surface area contributed by atoms with E-state index >= 15 is 0 Å². The Morgan fingerprint density at radius 2 is 2.05 bits per heavy atom. The van der Waals surface area contributed by atoms with Gasteiger partial charge in [0.05, 0.1) is 23.5 Å². The van der Waals surface area contributed by atoms with Crippen LogP contribution in [0.3, 0.4) is 0 Å². The summed E-state index contributed by atoms with van der Waals surface area (Å²) in [5, 5.41) is 13.1. The molecular weight excluding hydrogens is 274 g/mol. The molecule has 2 aromatic rings. The van der Waals surface area contributed by atoms with E-state index in [9.17, 15) is 23.7 Å². The zero-order valence-corrected chi connectivity index (χ0v) is 9.93. The molecule has 0 atom stereocenters. The Hall–Kier alpha value is -2.77. The van der Waals surface area contributed by atoms with E-state index < -0.39 is 33.7 Å². The highest BCUT2D eigenvalue weighted by atomic mass is 19.2. The molecule has 0 aliphatic carbocycles. The normalized spacial score (nSPS) is 10.3. The highest BCUT2D eigenvalue weighted by molar-refractivity contribution is 5.98. The fraction of sp³-hybridized carbons (Fsp3) is 0.0833. The third kappa shape index (κ3) is 2.79. The number of furan rings is 1. The standard InChI is InChI=1S/C12H8F2N2O4/c13-9-3-8(11(16(18)19)4-10(9)14)12(17)15-5-7-1-2-20-6-7/h1-4,6H,5H2,(H,15,17). The maximum atomic E-state index is 13.1. The van der Waals surface area contributed by atoms with Gasteiger partial charge in [-0.2, -0.15) is 0 Å². The van der Waals surface area contributed by atoms with Crippen molar-refractivity contribution in [3.05, 3.63) is 63.6 Å². The van der Waals surface area contributed by atoms with Gasteiger partial charge in [-0.3, -0.25) is 14.9 Å². The molecular formula is C12H8F2N2O4. The van der Waals surface area contributed by atoms with Crippen LogP contribution in [0.1, 0.15) is 15.9 Å². The molecule has 0 aliphatic rings. The second-order valence-electron chi connectivity index (χ2n) is 3.85. The summed E-state index contributed by atoms with van der Waals surface area (Å²) in [5.41, 5.74) is -0.713. The lowest BCUT2D eigenvalue weighted by atomic mass is 10.1. The lowest BCUT2D eigenvalue weighted by Crippen LogP contribution is -2.23. The Balaban J connectivity index is 2.24. The third-order valence-electron chi connectivity index (χ3n) is 2.51. The fourth-order valence-corrected chi connectivity index (χ4v) is 1.54. The van der Waals surface area contributed by atoms with Gasteiger partial charge < -0.3 is 9.73 Å². The summed E-state index contributed by atoms with van der Waals surface area (Å²) in [6.45, 7) is 0.0471. The molecule has 0 radical (unpaired) electrons. The van der Waals surface area contributed by atoms with Crippen molar-refractivity contribution >= 4 is 11.6 Å². The van der Waals surface area contributed by atoms with E-state index in [1.54, 1.807) is 6.07 Å². The molecule has 0 unspecified atom stereocenters. The molecule has 0 aliphatic heterocycles. The van der Waals surface area contributed by atoms with Gasteiger partial charge in [0, 0.05) is 12.1 Å². The molecule has 0 saturated heterocycles. The topological polar surface area (TPSA) is 85.4 Å². The van der Waals surface area contributed by atoms with Gasteiger partial charge in [0.15, 0.2) is 11.6 Å². The van der Waals surface area contributed by atoms with Gasteiger partial charge in [-0.15, -0.1) is 0 Å². The quantitative estimate of drug-likeness (QED) is 0.689. The number of halogens is 2. The van der Waals surface area contributed by atoms with Crippen LogP contribution in [0.5, 0.6) is 0 Å². The number of hydrogen-bond donors (Lipinski definition) is 1. The molecule has 8 heteroatoms. The maximum absolute atomic E-state index is 13.1. The highest BCUT2D eigenvalue weighted by Crippen LogP contribution is 2.22. The highest BCUT2D eigenvalue weighted by Gasteiger charge is 2.23. The number of nitrogens with one attached hydrogen (secondary N) is 1. The Morgan fingerprint density at radius 3 is 2.65 bits per heavy atom. The number of amides is 1. The van der Waals surface area contributed by atoms with Gasteiger partial charge in [0.25, 0.3) is 11.6 Å². The van der Waals surface area contributed by atoms with E-state index in [2.05, 4.69) is 5.32 Å². The summed E-state index contributed by atoms with van der Waals surface area (Å²) < 4.78 is 30.9. The summed E-state index contributed by atoms with van der Waals surface area (Å²) in [6.07, 6.45) is 2.77. The van der Waals surface area contributed by atoms with Crippen LogP contribution >= 0.6 is 0 Å². The second kappa shape index (κ2) is 5.47. The average Bonchev–Trinajstić information content (AvgIpc) is 2.91. The number of nitrogens with zero attached hydrogens (tertiary/aromatic N) is 1. The Kier molecular flexibility index (Phi) is 3.74. The number of rotatable bonds is 4. The van der Waals surface area contributed by atoms with Crippen molar-refractivity contribution in [3.63, 3.8) is 0 Å². The second-order valence-corrected chi connectivity index (χ2v) is 3.85. The SMILES string of the molecule is O=C(NCc1ccoc1)c1cc(F)c(F)cc1[N+](=O)[O-]. The summed E-state index contributed by atoms with van der Waals surface area (Å²) in [6, 6.07) is 2.46. The monoisotopic (exact) mass is 282 g/mol. The van der Waals surface area contributed by atoms with Crippen LogP contribution in [-0.2, 0) is 6.54 Å². The van der Waals surface area contributed by atoms with Crippen molar-refractivity contribution in [3.8, 4) is 0 Å². The smallest absolute Gasteiger partial charge is 0.285 e. The molecule has 2 rings (SSSR count). The first-order valence-electron chi connectivity index (χ1n) is 5.41. The molecule has 6 nitrogen and oxygen atoms in total. The molecule has 20 heavy (non-hydrogen) atoms. The maximum Gasteiger partial charge on any atom is 0.285 e. The van der Waals surface area contributed by atoms with Crippen LogP contribution in [-0.4, -0.2) is 10.8 Å². The zero-order valence-electron chi connectivity index (χ0n) is 9.93. The minimum absolute atomic E-state index is 0.0471. The van der Waals surface area contributed by atoms with Crippen LogP contribution in [0.25, 0.3) is 0 Å². The molecule has 1 heterocycles. The van der Waals surface area contributed by atoms with Crippen molar-refractivity contribution in [2.45, 2.75) is 6.54 Å². The molecule has 104 valence electrons. The summed E-state index contributed by atoms with van der Waals surface area (Å²) >= 11 is 0. The predicted octanol–water partition coefficient (Wildman–Crippen LogP) is 2.40. The summed E-state index contributed by atoms with van der Waals surface area (Å²) in [7, 11) is 0. The predicted molar refractivity (Wildman–Crippen MR) is 62.9 cm³/mol. The summed E-state index contributed by atoms with van der Waals surface area (Å²) in [4.78, 5) is 21.6. The van der Waals surface area contributed by atoms with Crippen molar-refractivity contribution in [1.82, 2.24) is 5.32 Å².